The lowest BCUT2D eigenvalue weighted by atomic mass is 9.98. The van der Waals surface area contributed by atoms with Crippen LogP contribution in [-0.2, 0) is 4.79 Å². The number of rotatable bonds is 4. The van der Waals surface area contributed by atoms with Crippen LogP contribution < -0.4 is 5.73 Å². The SMILES string of the molecule is Cc1ccc(C(=O)C[C@H](N)C(=O)O)c(C)c1. The maximum absolute atomic E-state index is 11.7. The van der Waals surface area contributed by atoms with E-state index in [4.69, 9.17) is 10.8 Å². The highest BCUT2D eigenvalue weighted by Gasteiger charge is 2.18. The van der Waals surface area contributed by atoms with Crippen molar-refractivity contribution in [3.05, 3.63) is 34.9 Å². The van der Waals surface area contributed by atoms with Gasteiger partial charge in [0.2, 0.25) is 0 Å². The summed E-state index contributed by atoms with van der Waals surface area (Å²) in [6, 6.07) is 4.29. The molecule has 1 atom stereocenters. The van der Waals surface area contributed by atoms with Gasteiger partial charge in [-0.15, -0.1) is 0 Å². The molecule has 1 aromatic carbocycles. The topological polar surface area (TPSA) is 80.4 Å². The van der Waals surface area contributed by atoms with E-state index < -0.39 is 12.0 Å². The van der Waals surface area contributed by atoms with Crippen LogP contribution in [0.25, 0.3) is 0 Å². The van der Waals surface area contributed by atoms with Crippen molar-refractivity contribution in [3.63, 3.8) is 0 Å². The van der Waals surface area contributed by atoms with Gasteiger partial charge in [0.15, 0.2) is 5.78 Å². The number of Topliss-reactive ketones (excluding diaryl/α,β-unsaturated/α-hetero) is 1. The first kappa shape index (κ1) is 12.4. The van der Waals surface area contributed by atoms with Crippen LogP contribution in [0, 0.1) is 13.8 Å². The van der Waals surface area contributed by atoms with E-state index in [0.717, 1.165) is 11.1 Å². The average molecular weight is 221 g/mol. The Hall–Kier alpha value is -1.68. The van der Waals surface area contributed by atoms with E-state index in [1.54, 1.807) is 6.07 Å². The van der Waals surface area contributed by atoms with Gasteiger partial charge in [0.25, 0.3) is 0 Å². The number of aryl methyl sites for hydroxylation is 2. The Balaban J connectivity index is 2.85. The average Bonchev–Trinajstić information content (AvgIpc) is 2.16. The van der Waals surface area contributed by atoms with E-state index in [1.807, 2.05) is 26.0 Å². The van der Waals surface area contributed by atoms with Gasteiger partial charge >= 0.3 is 5.97 Å². The Morgan fingerprint density at radius 3 is 2.50 bits per heavy atom. The largest absolute Gasteiger partial charge is 0.480 e. The molecule has 0 aromatic heterocycles. The zero-order chi connectivity index (χ0) is 12.3. The Labute approximate surface area is 94.1 Å². The molecule has 0 aliphatic carbocycles. The van der Waals surface area contributed by atoms with Crippen LogP contribution in [0.1, 0.15) is 27.9 Å². The molecule has 1 rings (SSSR count). The van der Waals surface area contributed by atoms with Gasteiger partial charge in [-0.3, -0.25) is 9.59 Å². The van der Waals surface area contributed by atoms with Crippen molar-refractivity contribution in [3.8, 4) is 0 Å². The fourth-order valence-electron chi connectivity index (χ4n) is 1.52. The zero-order valence-corrected chi connectivity index (χ0v) is 9.36. The highest BCUT2D eigenvalue weighted by atomic mass is 16.4. The summed E-state index contributed by atoms with van der Waals surface area (Å²) < 4.78 is 0. The molecule has 0 fully saturated rings. The monoisotopic (exact) mass is 221 g/mol. The van der Waals surface area contributed by atoms with Crippen LogP contribution in [0.2, 0.25) is 0 Å². The molecule has 0 amide bonds. The maximum Gasteiger partial charge on any atom is 0.320 e. The number of nitrogens with two attached hydrogens (primary N) is 1. The van der Waals surface area contributed by atoms with Crippen LogP contribution in [-0.4, -0.2) is 22.9 Å². The predicted octanol–water partition coefficient (Wildman–Crippen LogP) is 1.29. The molecule has 0 spiro atoms. The zero-order valence-electron chi connectivity index (χ0n) is 9.36. The van der Waals surface area contributed by atoms with E-state index in [1.165, 1.54) is 0 Å². The minimum Gasteiger partial charge on any atom is -0.480 e. The molecule has 0 aliphatic heterocycles. The number of carbonyl (C=O) groups is 2. The summed E-state index contributed by atoms with van der Waals surface area (Å²) in [4.78, 5) is 22.3. The summed E-state index contributed by atoms with van der Waals surface area (Å²) in [6.45, 7) is 3.76. The first-order chi connectivity index (χ1) is 7.41. The molecule has 86 valence electrons. The Kier molecular flexibility index (Phi) is 3.79. The van der Waals surface area contributed by atoms with Crippen molar-refractivity contribution in [1.29, 1.82) is 0 Å². The highest BCUT2D eigenvalue weighted by molar-refractivity contribution is 5.99. The van der Waals surface area contributed by atoms with E-state index in [9.17, 15) is 9.59 Å². The minimum absolute atomic E-state index is 0.167. The fourth-order valence-corrected chi connectivity index (χ4v) is 1.52. The molecule has 0 saturated heterocycles. The molecule has 0 heterocycles. The standard InChI is InChI=1S/C12H15NO3/c1-7-3-4-9(8(2)5-7)11(14)6-10(13)12(15)16/h3-5,10H,6,13H2,1-2H3,(H,15,16)/t10-/m0/s1. The van der Waals surface area contributed by atoms with Gasteiger partial charge in [0.05, 0.1) is 0 Å². The molecule has 0 radical (unpaired) electrons. The summed E-state index contributed by atoms with van der Waals surface area (Å²) in [5.41, 5.74) is 7.77. The summed E-state index contributed by atoms with van der Waals surface area (Å²) in [5, 5.41) is 8.61. The lowest BCUT2D eigenvalue weighted by Gasteiger charge is -2.08. The molecule has 0 unspecified atom stereocenters. The number of hydrogen-bond donors (Lipinski definition) is 2. The molecule has 0 bridgehead atoms. The second-order valence-corrected chi connectivity index (χ2v) is 3.89. The Morgan fingerprint density at radius 1 is 1.38 bits per heavy atom. The van der Waals surface area contributed by atoms with Crippen molar-refractivity contribution >= 4 is 11.8 Å². The van der Waals surface area contributed by atoms with Gasteiger partial charge in [0.1, 0.15) is 6.04 Å². The van der Waals surface area contributed by atoms with Crippen molar-refractivity contribution in [2.24, 2.45) is 5.73 Å². The van der Waals surface area contributed by atoms with Gasteiger partial charge in [-0.2, -0.15) is 0 Å². The second-order valence-electron chi connectivity index (χ2n) is 3.89. The maximum atomic E-state index is 11.7. The van der Waals surface area contributed by atoms with E-state index in [0.29, 0.717) is 5.56 Å². The fraction of sp³-hybridized carbons (Fsp3) is 0.333. The third kappa shape index (κ3) is 2.90. The van der Waals surface area contributed by atoms with Crippen LogP contribution in [0.3, 0.4) is 0 Å². The van der Waals surface area contributed by atoms with Gasteiger partial charge in [-0.25, -0.2) is 0 Å². The molecule has 0 aliphatic rings. The van der Waals surface area contributed by atoms with Crippen molar-refractivity contribution < 1.29 is 14.7 Å². The number of hydrogen-bond acceptors (Lipinski definition) is 3. The van der Waals surface area contributed by atoms with E-state index >= 15 is 0 Å². The first-order valence-corrected chi connectivity index (χ1v) is 5.00. The van der Waals surface area contributed by atoms with Crippen molar-refractivity contribution in [2.75, 3.05) is 0 Å². The Bertz CT molecular complexity index is 426. The van der Waals surface area contributed by atoms with Gasteiger partial charge in [-0.05, 0) is 19.4 Å². The second kappa shape index (κ2) is 4.90. The Morgan fingerprint density at radius 2 is 2.00 bits per heavy atom. The summed E-state index contributed by atoms with van der Waals surface area (Å²) in [5.74, 6) is -1.38. The van der Waals surface area contributed by atoms with Gasteiger partial charge in [-0.1, -0.05) is 23.8 Å². The van der Waals surface area contributed by atoms with Gasteiger partial charge in [0, 0.05) is 12.0 Å². The van der Waals surface area contributed by atoms with Crippen molar-refractivity contribution in [1.82, 2.24) is 0 Å². The summed E-state index contributed by atoms with van der Waals surface area (Å²) >= 11 is 0. The highest BCUT2D eigenvalue weighted by Crippen LogP contribution is 2.13. The quantitative estimate of drug-likeness (QED) is 0.751. The molecular weight excluding hydrogens is 206 g/mol. The molecule has 4 heteroatoms. The predicted molar refractivity (Wildman–Crippen MR) is 60.5 cm³/mol. The molecule has 3 N–H and O–H groups in total. The molecule has 16 heavy (non-hydrogen) atoms. The number of carbonyl (C=O) groups excluding carboxylic acids is 1. The van der Waals surface area contributed by atoms with Crippen molar-refractivity contribution in [2.45, 2.75) is 26.3 Å². The van der Waals surface area contributed by atoms with E-state index in [2.05, 4.69) is 0 Å². The molecule has 4 nitrogen and oxygen atoms in total. The molecule has 1 aromatic rings. The third-order valence-electron chi connectivity index (χ3n) is 2.40. The van der Waals surface area contributed by atoms with E-state index in [-0.39, 0.29) is 12.2 Å². The van der Waals surface area contributed by atoms with Gasteiger partial charge < -0.3 is 10.8 Å². The lowest BCUT2D eigenvalue weighted by Crippen LogP contribution is -2.32. The normalized spacial score (nSPS) is 12.2. The van der Waals surface area contributed by atoms with Crippen LogP contribution >= 0.6 is 0 Å². The minimum atomic E-state index is -1.15. The number of ketones is 1. The van der Waals surface area contributed by atoms with Crippen LogP contribution in [0.15, 0.2) is 18.2 Å². The molecular formula is C12H15NO3. The third-order valence-corrected chi connectivity index (χ3v) is 2.40. The summed E-state index contributed by atoms with van der Waals surface area (Å²) in [7, 11) is 0. The summed E-state index contributed by atoms with van der Waals surface area (Å²) in [6.07, 6.45) is -0.167. The number of benzene rings is 1. The number of carboxylic acids is 1. The lowest BCUT2D eigenvalue weighted by molar-refractivity contribution is -0.138. The number of carboxylic acid groups (broad SMARTS) is 1. The first-order valence-electron chi connectivity index (χ1n) is 5.00. The number of aliphatic carboxylic acids is 1. The smallest absolute Gasteiger partial charge is 0.320 e. The molecule has 0 saturated carbocycles. The van der Waals surface area contributed by atoms with Crippen LogP contribution in [0.5, 0.6) is 0 Å². The van der Waals surface area contributed by atoms with Crippen LogP contribution in [0.4, 0.5) is 0 Å².